The van der Waals surface area contributed by atoms with E-state index in [2.05, 4.69) is 4.90 Å². The normalized spacial score (nSPS) is 29.1. The molecule has 0 amide bonds. The molecular formula is C11H19NO2. The lowest BCUT2D eigenvalue weighted by molar-refractivity contribution is -0.147. The summed E-state index contributed by atoms with van der Waals surface area (Å²) in [5, 5.41) is 10.4. The predicted molar refractivity (Wildman–Crippen MR) is 53.8 cm³/mol. The van der Waals surface area contributed by atoms with Crippen LogP contribution in [-0.2, 0) is 4.79 Å². The second-order valence-corrected chi connectivity index (χ2v) is 4.57. The van der Waals surface area contributed by atoms with E-state index in [1.165, 1.54) is 6.42 Å². The molecule has 0 bridgehead atoms. The Bertz CT molecular complexity index is 211. The van der Waals surface area contributed by atoms with Gasteiger partial charge in [-0.1, -0.05) is 6.42 Å². The van der Waals surface area contributed by atoms with Crippen LogP contribution in [0.15, 0.2) is 0 Å². The van der Waals surface area contributed by atoms with Gasteiger partial charge in [0.2, 0.25) is 0 Å². The number of hydrogen-bond donors (Lipinski definition) is 1. The van der Waals surface area contributed by atoms with Crippen LogP contribution in [0.4, 0.5) is 0 Å². The summed E-state index contributed by atoms with van der Waals surface area (Å²) in [5.41, 5.74) is -0.584. The van der Waals surface area contributed by atoms with Crippen molar-refractivity contribution >= 4 is 5.78 Å². The third-order valence-electron chi connectivity index (χ3n) is 3.56. The number of rotatable bonds is 1. The SMILES string of the molecule is O=C1CCN(C2(O)CCCCC2)CC1. The number of nitrogens with zero attached hydrogens (tertiary/aromatic N) is 1. The molecule has 0 radical (unpaired) electrons. The van der Waals surface area contributed by atoms with E-state index in [1.54, 1.807) is 0 Å². The summed E-state index contributed by atoms with van der Waals surface area (Å²) in [6.07, 6.45) is 6.53. The first-order valence-electron chi connectivity index (χ1n) is 5.70. The molecule has 0 atom stereocenters. The van der Waals surface area contributed by atoms with Crippen molar-refractivity contribution in [3.8, 4) is 0 Å². The Kier molecular flexibility index (Phi) is 2.88. The maximum absolute atomic E-state index is 11.1. The van der Waals surface area contributed by atoms with Crippen LogP contribution in [0.2, 0.25) is 0 Å². The molecule has 1 aliphatic carbocycles. The molecule has 3 nitrogen and oxygen atoms in total. The molecular weight excluding hydrogens is 178 g/mol. The number of carbonyl (C=O) groups excluding carboxylic acids is 1. The van der Waals surface area contributed by atoms with Gasteiger partial charge in [-0.3, -0.25) is 9.69 Å². The Labute approximate surface area is 85.1 Å². The molecule has 80 valence electrons. The van der Waals surface area contributed by atoms with Gasteiger partial charge in [-0.2, -0.15) is 0 Å². The maximum Gasteiger partial charge on any atom is 0.135 e. The summed E-state index contributed by atoms with van der Waals surface area (Å²) >= 11 is 0. The molecule has 0 spiro atoms. The van der Waals surface area contributed by atoms with Crippen LogP contribution >= 0.6 is 0 Å². The molecule has 1 saturated carbocycles. The molecule has 1 N–H and O–H groups in total. The fourth-order valence-electron chi connectivity index (χ4n) is 2.61. The zero-order valence-electron chi connectivity index (χ0n) is 8.67. The van der Waals surface area contributed by atoms with E-state index in [9.17, 15) is 9.90 Å². The maximum atomic E-state index is 11.1. The van der Waals surface area contributed by atoms with E-state index in [-0.39, 0.29) is 0 Å². The van der Waals surface area contributed by atoms with Crippen LogP contribution in [-0.4, -0.2) is 34.6 Å². The van der Waals surface area contributed by atoms with Gasteiger partial charge < -0.3 is 5.11 Å². The van der Waals surface area contributed by atoms with Crippen LogP contribution < -0.4 is 0 Å². The number of ketones is 1. The number of likely N-dealkylation sites (tertiary alicyclic amines) is 1. The summed E-state index contributed by atoms with van der Waals surface area (Å²) in [5.74, 6) is 0.348. The van der Waals surface area contributed by atoms with Crippen LogP contribution in [0.5, 0.6) is 0 Å². The van der Waals surface area contributed by atoms with Crippen LogP contribution in [0, 0.1) is 0 Å². The van der Waals surface area contributed by atoms with E-state index < -0.39 is 5.72 Å². The third-order valence-corrected chi connectivity index (χ3v) is 3.56. The van der Waals surface area contributed by atoms with Crippen molar-refractivity contribution in [2.24, 2.45) is 0 Å². The topological polar surface area (TPSA) is 40.5 Å². The minimum Gasteiger partial charge on any atom is -0.376 e. The highest BCUT2D eigenvalue weighted by Crippen LogP contribution is 2.32. The number of hydrogen-bond acceptors (Lipinski definition) is 3. The smallest absolute Gasteiger partial charge is 0.135 e. The van der Waals surface area contributed by atoms with E-state index in [4.69, 9.17) is 0 Å². The van der Waals surface area contributed by atoms with Gasteiger partial charge in [0.1, 0.15) is 11.5 Å². The van der Waals surface area contributed by atoms with Crippen molar-refractivity contribution in [3.63, 3.8) is 0 Å². The second-order valence-electron chi connectivity index (χ2n) is 4.57. The zero-order valence-corrected chi connectivity index (χ0v) is 8.67. The lowest BCUT2D eigenvalue weighted by Gasteiger charge is -2.43. The number of aliphatic hydroxyl groups is 1. The number of Topliss-reactive ketones (excluding diaryl/α,β-unsaturated/α-hetero) is 1. The van der Waals surface area contributed by atoms with Gasteiger partial charge in [0.25, 0.3) is 0 Å². The third kappa shape index (κ3) is 1.98. The minimum absolute atomic E-state index is 0.348. The minimum atomic E-state index is -0.584. The summed E-state index contributed by atoms with van der Waals surface area (Å²) in [7, 11) is 0. The van der Waals surface area contributed by atoms with Crippen molar-refractivity contribution in [2.75, 3.05) is 13.1 Å². The highest BCUT2D eigenvalue weighted by atomic mass is 16.3. The molecule has 1 heterocycles. The lowest BCUT2D eigenvalue weighted by atomic mass is 9.89. The monoisotopic (exact) mass is 197 g/mol. The molecule has 1 saturated heterocycles. The highest BCUT2D eigenvalue weighted by molar-refractivity contribution is 5.79. The average molecular weight is 197 g/mol. The number of carbonyl (C=O) groups is 1. The standard InChI is InChI=1S/C11H19NO2/c13-10-4-8-12(9-5-10)11(14)6-2-1-3-7-11/h14H,1-9H2. The molecule has 0 aromatic heterocycles. The van der Waals surface area contributed by atoms with Gasteiger partial charge in [-0.25, -0.2) is 0 Å². The molecule has 2 aliphatic rings. The fraction of sp³-hybridized carbons (Fsp3) is 0.909. The van der Waals surface area contributed by atoms with Gasteiger partial charge in [0.15, 0.2) is 0 Å². The van der Waals surface area contributed by atoms with Gasteiger partial charge >= 0.3 is 0 Å². The Morgan fingerprint density at radius 3 is 2.21 bits per heavy atom. The Morgan fingerprint density at radius 2 is 1.64 bits per heavy atom. The van der Waals surface area contributed by atoms with Crippen molar-refractivity contribution in [1.82, 2.24) is 4.90 Å². The highest BCUT2D eigenvalue weighted by Gasteiger charge is 2.37. The molecule has 0 aromatic carbocycles. The van der Waals surface area contributed by atoms with Gasteiger partial charge in [0.05, 0.1) is 0 Å². The van der Waals surface area contributed by atoms with Gasteiger partial charge in [-0.05, 0) is 25.7 Å². The Hall–Kier alpha value is -0.410. The van der Waals surface area contributed by atoms with Crippen LogP contribution in [0.1, 0.15) is 44.9 Å². The Morgan fingerprint density at radius 1 is 1.07 bits per heavy atom. The summed E-state index contributed by atoms with van der Waals surface area (Å²) in [6.45, 7) is 1.52. The molecule has 0 unspecified atom stereocenters. The Balaban J connectivity index is 1.95. The van der Waals surface area contributed by atoms with Crippen molar-refractivity contribution in [3.05, 3.63) is 0 Å². The van der Waals surface area contributed by atoms with E-state index in [1.807, 2.05) is 0 Å². The van der Waals surface area contributed by atoms with Gasteiger partial charge in [-0.15, -0.1) is 0 Å². The molecule has 3 heteroatoms. The first-order valence-corrected chi connectivity index (χ1v) is 5.70. The zero-order chi connectivity index (χ0) is 10.0. The number of piperidine rings is 1. The lowest BCUT2D eigenvalue weighted by Crippen LogP contribution is -2.53. The summed E-state index contributed by atoms with van der Waals surface area (Å²) in [6, 6.07) is 0. The molecule has 2 fully saturated rings. The van der Waals surface area contributed by atoms with E-state index in [0.29, 0.717) is 18.6 Å². The average Bonchev–Trinajstić information content (AvgIpc) is 2.19. The fourth-order valence-corrected chi connectivity index (χ4v) is 2.61. The summed E-state index contributed by atoms with van der Waals surface area (Å²) < 4.78 is 0. The van der Waals surface area contributed by atoms with E-state index in [0.717, 1.165) is 38.8 Å². The van der Waals surface area contributed by atoms with Crippen LogP contribution in [0.3, 0.4) is 0 Å². The van der Waals surface area contributed by atoms with Crippen molar-refractivity contribution in [2.45, 2.75) is 50.7 Å². The van der Waals surface area contributed by atoms with Crippen LogP contribution in [0.25, 0.3) is 0 Å². The largest absolute Gasteiger partial charge is 0.376 e. The molecule has 0 aromatic rings. The van der Waals surface area contributed by atoms with Crippen molar-refractivity contribution < 1.29 is 9.90 Å². The van der Waals surface area contributed by atoms with E-state index >= 15 is 0 Å². The first-order chi connectivity index (χ1) is 6.71. The first kappa shape index (κ1) is 10.1. The van der Waals surface area contributed by atoms with Gasteiger partial charge in [0, 0.05) is 25.9 Å². The quantitative estimate of drug-likeness (QED) is 0.689. The summed E-state index contributed by atoms with van der Waals surface area (Å²) in [4.78, 5) is 13.2. The second kappa shape index (κ2) is 3.99. The molecule has 1 aliphatic heterocycles. The van der Waals surface area contributed by atoms with Crippen molar-refractivity contribution in [1.29, 1.82) is 0 Å². The predicted octanol–water partition coefficient (Wildman–Crippen LogP) is 1.30. The molecule has 2 rings (SSSR count). The molecule has 14 heavy (non-hydrogen) atoms.